The maximum atomic E-state index is 12.8. The van der Waals surface area contributed by atoms with Crippen LogP contribution >= 0.6 is 11.3 Å². The molecular weight excluding hydrogens is 370 g/mol. The first-order valence-electron chi connectivity index (χ1n) is 9.64. The first-order chi connectivity index (χ1) is 13.6. The molecular formula is C22H23N3O2S. The summed E-state index contributed by atoms with van der Waals surface area (Å²) < 4.78 is 1.16. The van der Waals surface area contributed by atoms with Gasteiger partial charge in [0, 0.05) is 18.2 Å². The number of hydrogen-bond donors (Lipinski definition) is 2. The van der Waals surface area contributed by atoms with E-state index >= 15 is 0 Å². The van der Waals surface area contributed by atoms with Crippen molar-refractivity contribution in [3.05, 3.63) is 48.5 Å². The summed E-state index contributed by atoms with van der Waals surface area (Å²) in [6, 6.07) is 15.3. The van der Waals surface area contributed by atoms with Gasteiger partial charge in [-0.1, -0.05) is 25.0 Å². The molecule has 1 atom stereocenters. The molecule has 1 saturated carbocycles. The van der Waals surface area contributed by atoms with E-state index in [0.717, 1.165) is 52.2 Å². The van der Waals surface area contributed by atoms with Gasteiger partial charge in [-0.25, -0.2) is 4.98 Å². The quantitative estimate of drug-likeness (QED) is 0.666. The molecule has 3 aromatic rings. The molecule has 1 heterocycles. The highest BCUT2D eigenvalue weighted by Gasteiger charge is 2.31. The van der Waals surface area contributed by atoms with Crippen LogP contribution in [0.5, 0.6) is 0 Å². The molecule has 144 valence electrons. The van der Waals surface area contributed by atoms with Crippen molar-refractivity contribution in [3.63, 3.8) is 0 Å². The maximum Gasteiger partial charge on any atom is 0.247 e. The minimum atomic E-state index is -0.469. The fourth-order valence-electron chi connectivity index (χ4n) is 3.82. The number of anilines is 1. The van der Waals surface area contributed by atoms with Crippen LogP contribution in [0.2, 0.25) is 0 Å². The van der Waals surface area contributed by atoms with E-state index in [1.165, 1.54) is 6.92 Å². The van der Waals surface area contributed by atoms with Crippen molar-refractivity contribution >= 4 is 39.1 Å². The van der Waals surface area contributed by atoms with Crippen molar-refractivity contribution in [1.29, 1.82) is 0 Å². The average molecular weight is 394 g/mol. The van der Waals surface area contributed by atoms with Crippen LogP contribution in [-0.2, 0) is 9.59 Å². The molecule has 5 nitrogen and oxygen atoms in total. The number of hydrogen-bond acceptors (Lipinski definition) is 4. The second-order valence-corrected chi connectivity index (χ2v) is 8.31. The number of rotatable bonds is 5. The monoisotopic (exact) mass is 393 g/mol. The Balaban J connectivity index is 1.48. The molecule has 28 heavy (non-hydrogen) atoms. The van der Waals surface area contributed by atoms with Crippen LogP contribution in [0.15, 0.2) is 48.5 Å². The molecule has 1 fully saturated rings. The zero-order valence-electron chi connectivity index (χ0n) is 15.8. The van der Waals surface area contributed by atoms with Crippen LogP contribution in [0.4, 0.5) is 5.69 Å². The predicted molar refractivity (Wildman–Crippen MR) is 113 cm³/mol. The van der Waals surface area contributed by atoms with Gasteiger partial charge >= 0.3 is 0 Å². The van der Waals surface area contributed by atoms with Gasteiger partial charge in [-0.3, -0.25) is 9.59 Å². The van der Waals surface area contributed by atoms with Crippen molar-refractivity contribution in [2.24, 2.45) is 5.92 Å². The number of carbonyl (C=O) groups is 2. The summed E-state index contributed by atoms with van der Waals surface area (Å²) in [5.74, 6) is -0.0982. The summed E-state index contributed by atoms with van der Waals surface area (Å²) in [5, 5.41) is 6.75. The molecule has 1 aliphatic carbocycles. The molecule has 4 rings (SSSR count). The van der Waals surface area contributed by atoms with Gasteiger partial charge in [0.1, 0.15) is 11.0 Å². The number of aromatic nitrogens is 1. The fraction of sp³-hybridized carbons (Fsp3) is 0.318. The molecule has 2 aromatic carbocycles. The molecule has 1 aliphatic rings. The minimum Gasteiger partial charge on any atom is -0.344 e. The third-order valence-electron chi connectivity index (χ3n) is 5.21. The van der Waals surface area contributed by atoms with Gasteiger partial charge < -0.3 is 10.6 Å². The molecule has 0 unspecified atom stereocenters. The van der Waals surface area contributed by atoms with E-state index in [4.69, 9.17) is 0 Å². The molecule has 1 aromatic heterocycles. The Hall–Kier alpha value is -2.73. The van der Waals surface area contributed by atoms with Crippen molar-refractivity contribution in [3.8, 4) is 10.6 Å². The van der Waals surface area contributed by atoms with E-state index in [0.29, 0.717) is 0 Å². The van der Waals surface area contributed by atoms with Crippen molar-refractivity contribution in [2.45, 2.75) is 38.6 Å². The fourth-order valence-corrected chi connectivity index (χ4v) is 4.79. The Kier molecular flexibility index (Phi) is 5.39. The molecule has 0 bridgehead atoms. The van der Waals surface area contributed by atoms with Gasteiger partial charge in [-0.05, 0) is 55.2 Å². The zero-order valence-corrected chi connectivity index (χ0v) is 16.6. The summed E-state index contributed by atoms with van der Waals surface area (Å²) in [4.78, 5) is 29.0. The van der Waals surface area contributed by atoms with Crippen LogP contribution < -0.4 is 10.6 Å². The largest absolute Gasteiger partial charge is 0.344 e. The maximum absolute atomic E-state index is 12.8. The van der Waals surface area contributed by atoms with Crippen LogP contribution in [-0.4, -0.2) is 22.8 Å². The lowest BCUT2D eigenvalue weighted by Crippen LogP contribution is -2.47. The second kappa shape index (κ2) is 8.10. The summed E-state index contributed by atoms with van der Waals surface area (Å²) in [5.41, 5.74) is 2.74. The normalized spacial score (nSPS) is 15.5. The Morgan fingerprint density at radius 2 is 1.79 bits per heavy atom. The lowest BCUT2D eigenvalue weighted by atomic mass is 9.97. The SMILES string of the molecule is CC(=O)N[C@@H](C(=O)Nc1ccc(-c2nc3ccccc3s2)cc1)C1CCCC1. The van der Waals surface area contributed by atoms with Crippen LogP contribution in [0.25, 0.3) is 20.8 Å². The zero-order chi connectivity index (χ0) is 19.5. The van der Waals surface area contributed by atoms with Gasteiger partial charge in [-0.2, -0.15) is 0 Å². The van der Waals surface area contributed by atoms with Crippen molar-refractivity contribution < 1.29 is 9.59 Å². The highest BCUT2D eigenvalue weighted by atomic mass is 32.1. The van der Waals surface area contributed by atoms with Gasteiger partial charge in [-0.15, -0.1) is 11.3 Å². The van der Waals surface area contributed by atoms with Crippen LogP contribution in [0.3, 0.4) is 0 Å². The summed E-state index contributed by atoms with van der Waals surface area (Å²) in [7, 11) is 0. The summed E-state index contributed by atoms with van der Waals surface area (Å²) in [6.07, 6.45) is 4.19. The van der Waals surface area contributed by atoms with Crippen molar-refractivity contribution in [2.75, 3.05) is 5.32 Å². The number of nitrogens with one attached hydrogen (secondary N) is 2. The van der Waals surface area contributed by atoms with Gasteiger partial charge in [0.25, 0.3) is 0 Å². The number of benzene rings is 2. The third-order valence-corrected chi connectivity index (χ3v) is 6.29. The first-order valence-corrected chi connectivity index (χ1v) is 10.5. The van der Waals surface area contributed by atoms with E-state index in [9.17, 15) is 9.59 Å². The van der Waals surface area contributed by atoms with Gasteiger partial charge in [0.2, 0.25) is 11.8 Å². The number of thiazole rings is 1. The number of para-hydroxylation sites is 1. The summed E-state index contributed by atoms with van der Waals surface area (Å²) >= 11 is 1.65. The molecule has 0 aliphatic heterocycles. The lowest BCUT2D eigenvalue weighted by Gasteiger charge is -2.23. The van der Waals surface area contributed by atoms with E-state index in [1.807, 2.05) is 42.5 Å². The number of nitrogens with zero attached hydrogens (tertiary/aromatic N) is 1. The number of amides is 2. The van der Waals surface area contributed by atoms with Gasteiger partial charge in [0.05, 0.1) is 10.2 Å². The first kappa shape index (κ1) is 18.6. The number of carbonyl (C=O) groups excluding carboxylic acids is 2. The average Bonchev–Trinajstić information content (AvgIpc) is 3.36. The molecule has 0 spiro atoms. The van der Waals surface area contributed by atoms with Gasteiger partial charge in [0.15, 0.2) is 0 Å². The van der Waals surface area contributed by atoms with E-state index in [-0.39, 0.29) is 17.7 Å². The smallest absolute Gasteiger partial charge is 0.247 e. The Bertz CT molecular complexity index is 957. The minimum absolute atomic E-state index is 0.144. The third kappa shape index (κ3) is 4.07. The second-order valence-electron chi connectivity index (χ2n) is 7.28. The van der Waals surface area contributed by atoms with Crippen molar-refractivity contribution in [1.82, 2.24) is 10.3 Å². The lowest BCUT2D eigenvalue weighted by molar-refractivity contribution is -0.126. The highest BCUT2D eigenvalue weighted by molar-refractivity contribution is 7.21. The predicted octanol–water partition coefficient (Wildman–Crippen LogP) is 4.60. The van der Waals surface area contributed by atoms with E-state index in [2.05, 4.69) is 21.7 Å². The molecule has 0 radical (unpaired) electrons. The molecule has 2 N–H and O–H groups in total. The number of fused-ring (bicyclic) bond motifs is 1. The highest BCUT2D eigenvalue weighted by Crippen LogP contribution is 2.31. The Labute approximate surface area is 168 Å². The summed E-state index contributed by atoms with van der Waals surface area (Å²) in [6.45, 7) is 1.46. The Morgan fingerprint density at radius 3 is 2.46 bits per heavy atom. The molecule has 0 saturated heterocycles. The molecule has 2 amide bonds. The van der Waals surface area contributed by atoms with Crippen LogP contribution in [0, 0.1) is 5.92 Å². The van der Waals surface area contributed by atoms with Crippen LogP contribution in [0.1, 0.15) is 32.6 Å². The Morgan fingerprint density at radius 1 is 1.07 bits per heavy atom. The standard InChI is InChI=1S/C22H23N3O2S/c1-14(26)23-20(15-6-2-3-7-15)21(27)24-17-12-10-16(11-13-17)22-25-18-8-4-5-9-19(18)28-22/h4-5,8-13,15,20H,2-3,6-7H2,1H3,(H,23,26)(H,24,27)/t20-/m1/s1. The van der Waals surface area contributed by atoms with E-state index < -0.39 is 6.04 Å². The topological polar surface area (TPSA) is 71.1 Å². The van der Waals surface area contributed by atoms with E-state index in [1.54, 1.807) is 11.3 Å². The molecule has 6 heteroatoms.